The minimum absolute atomic E-state index is 0.194. The van der Waals surface area contributed by atoms with Crippen LogP contribution < -0.4 is 9.47 Å². The summed E-state index contributed by atoms with van der Waals surface area (Å²) in [6, 6.07) is 11.6. The van der Waals surface area contributed by atoms with Crippen molar-refractivity contribution in [2.24, 2.45) is 5.92 Å². The minimum atomic E-state index is -1.30. The van der Waals surface area contributed by atoms with Crippen LogP contribution in [0.3, 0.4) is 0 Å². The SMILES string of the molecule is CCOC(=O)CC(Oc1ccc(Sc2cc(Br)cc(OCC3CCCC3)c2)cc1C)C(=O)O. The lowest BCUT2D eigenvalue weighted by Crippen LogP contribution is -2.30. The van der Waals surface area contributed by atoms with Gasteiger partial charge in [-0.15, -0.1) is 0 Å². The number of esters is 1. The number of benzene rings is 2. The van der Waals surface area contributed by atoms with E-state index >= 15 is 0 Å². The lowest BCUT2D eigenvalue weighted by atomic mass is 10.1. The number of hydrogen-bond acceptors (Lipinski definition) is 6. The summed E-state index contributed by atoms with van der Waals surface area (Å²) in [6.45, 7) is 4.46. The first-order valence-corrected chi connectivity index (χ1v) is 12.7. The van der Waals surface area contributed by atoms with Gasteiger partial charge in [0, 0.05) is 14.3 Å². The average molecular weight is 537 g/mol. The van der Waals surface area contributed by atoms with E-state index in [2.05, 4.69) is 15.9 Å². The van der Waals surface area contributed by atoms with Crippen LogP contribution in [-0.2, 0) is 14.3 Å². The van der Waals surface area contributed by atoms with Gasteiger partial charge in [-0.1, -0.05) is 40.5 Å². The van der Waals surface area contributed by atoms with Crippen molar-refractivity contribution in [3.05, 3.63) is 46.4 Å². The van der Waals surface area contributed by atoms with E-state index in [9.17, 15) is 14.7 Å². The van der Waals surface area contributed by atoms with Gasteiger partial charge in [-0.25, -0.2) is 4.79 Å². The third kappa shape index (κ3) is 7.96. The van der Waals surface area contributed by atoms with Gasteiger partial charge in [0.25, 0.3) is 0 Å². The largest absolute Gasteiger partial charge is 0.493 e. The Morgan fingerprint density at radius 3 is 2.58 bits per heavy atom. The van der Waals surface area contributed by atoms with Gasteiger partial charge in [-0.3, -0.25) is 4.79 Å². The van der Waals surface area contributed by atoms with Gasteiger partial charge in [0.1, 0.15) is 11.5 Å². The first kappa shape index (κ1) is 25.4. The number of rotatable bonds is 11. The monoisotopic (exact) mass is 536 g/mol. The second kappa shape index (κ2) is 12.3. The molecule has 0 aromatic heterocycles. The second-order valence-electron chi connectivity index (χ2n) is 8.07. The Hall–Kier alpha value is -2.19. The minimum Gasteiger partial charge on any atom is -0.493 e. The van der Waals surface area contributed by atoms with Crippen LogP contribution in [0.1, 0.15) is 44.6 Å². The number of hydrogen-bond donors (Lipinski definition) is 1. The number of carbonyl (C=O) groups is 2. The molecular formula is C25H29BrO6S. The van der Waals surface area contributed by atoms with Crippen LogP contribution in [0.25, 0.3) is 0 Å². The Morgan fingerprint density at radius 1 is 1.15 bits per heavy atom. The third-order valence-electron chi connectivity index (χ3n) is 5.39. The Balaban J connectivity index is 1.65. The lowest BCUT2D eigenvalue weighted by Gasteiger charge is -2.17. The molecule has 0 heterocycles. The number of ether oxygens (including phenoxy) is 3. The third-order valence-corrected chi connectivity index (χ3v) is 6.81. The number of aliphatic carboxylic acids is 1. The van der Waals surface area contributed by atoms with Crippen molar-refractivity contribution >= 4 is 39.6 Å². The van der Waals surface area contributed by atoms with E-state index in [-0.39, 0.29) is 13.0 Å². The smallest absolute Gasteiger partial charge is 0.345 e. The van der Waals surface area contributed by atoms with Crippen molar-refractivity contribution < 1.29 is 28.9 Å². The van der Waals surface area contributed by atoms with Crippen LogP contribution in [-0.4, -0.2) is 36.4 Å². The van der Waals surface area contributed by atoms with E-state index in [1.807, 2.05) is 37.3 Å². The molecule has 0 bridgehead atoms. The first-order valence-electron chi connectivity index (χ1n) is 11.1. The Morgan fingerprint density at radius 2 is 1.91 bits per heavy atom. The number of carboxylic acids is 1. The normalized spacial score (nSPS) is 14.6. The van der Waals surface area contributed by atoms with Crippen molar-refractivity contribution in [1.29, 1.82) is 0 Å². The van der Waals surface area contributed by atoms with E-state index < -0.39 is 18.0 Å². The molecule has 1 N–H and O–H groups in total. The fraction of sp³-hybridized carbons (Fsp3) is 0.440. The Kier molecular flexibility index (Phi) is 9.50. The summed E-state index contributed by atoms with van der Waals surface area (Å²) in [5.41, 5.74) is 0.780. The summed E-state index contributed by atoms with van der Waals surface area (Å²) in [6.07, 6.45) is 3.43. The molecule has 0 spiro atoms. The van der Waals surface area contributed by atoms with E-state index in [0.717, 1.165) is 32.2 Å². The standard InChI is InChI=1S/C25H29BrO6S/c1-3-30-24(27)14-23(25(28)29)32-22-9-8-20(10-16(22)2)33-21-12-18(26)11-19(13-21)31-15-17-6-4-5-7-17/h8-13,17,23H,3-7,14-15H2,1-2H3,(H,28,29). The predicted octanol–water partition coefficient (Wildman–Crippen LogP) is 6.26. The maximum atomic E-state index is 11.7. The molecule has 33 heavy (non-hydrogen) atoms. The van der Waals surface area contributed by atoms with Crippen molar-refractivity contribution in [1.82, 2.24) is 0 Å². The molecule has 0 saturated heterocycles. The number of carbonyl (C=O) groups excluding carboxylic acids is 1. The molecule has 3 rings (SSSR count). The van der Waals surface area contributed by atoms with Gasteiger partial charge in [0.05, 0.1) is 19.6 Å². The molecule has 0 amide bonds. The van der Waals surface area contributed by atoms with Crippen LogP contribution in [0, 0.1) is 12.8 Å². The summed E-state index contributed by atoms with van der Waals surface area (Å²) >= 11 is 5.15. The zero-order chi connectivity index (χ0) is 23.8. The molecule has 8 heteroatoms. The molecule has 1 saturated carbocycles. The Labute approximate surface area is 207 Å². The van der Waals surface area contributed by atoms with Crippen LogP contribution in [0.5, 0.6) is 11.5 Å². The summed E-state index contributed by atoms with van der Waals surface area (Å²) < 4.78 is 17.5. The number of halogens is 1. The van der Waals surface area contributed by atoms with Crippen LogP contribution >= 0.6 is 27.7 Å². The van der Waals surface area contributed by atoms with Gasteiger partial charge in [0.15, 0.2) is 0 Å². The summed E-state index contributed by atoms with van der Waals surface area (Å²) in [5.74, 6) is 0.105. The van der Waals surface area contributed by atoms with Crippen molar-refractivity contribution in [2.75, 3.05) is 13.2 Å². The van der Waals surface area contributed by atoms with E-state index in [1.165, 1.54) is 25.7 Å². The van der Waals surface area contributed by atoms with Gasteiger partial charge in [-0.2, -0.15) is 0 Å². The van der Waals surface area contributed by atoms with Gasteiger partial charge < -0.3 is 19.3 Å². The molecule has 1 unspecified atom stereocenters. The zero-order valence-electron chi connectivity index (χ0n) is 18.8. The maximum absolute atomic E-state index is 11.7. The summed E-state index contributed by atoms with van der Waals surface area (Å²) in [7, 11) is 0. The topological polar surface area (TPSA) is 82.1 Å². The molecule has 1 fully saturated rings. The van der Waals surface area contributed by atoms with Crippen LogP contribution in [0.2, 0.25) is 0 Å². The van der Waals surface area contributed by atoms with Crippen LogP contribution in [0.4, 0.5) is 0 Å². The molecule has 0 radical (unpaired) electrons. The fourth-order valence-electron chi connectivity index (χ4n) is 3.73. The molecule has 178 valence electrons. The highest BCUT2D eigenvalue weighted by Crippen LogP contribution is 2.36. The molecule has 2 aromatic rings. The molecule has 0 aliphatic heterocycles. The summed E-state index contributed by atoms with van der Waals surface area (Å²) in [5, 5.41) is 9.40. The second-order valence-corrected chi connectivity index (χ2v) is 10.1. The van der Waals surface area contributed by atoms with E-state index in [1.54, 1.807) is 24.8 Å². The zero-order valence-corrected chi connectivity index (χ0v) is 21.2. The lowest BCUT2D eigenvalue weighted by molar-refractivity contribution is -0.154. The van der Waals surface area contributed by atoms with E-state index in [4.69, 9.17) is 14.2 Å². The molecule has 1 atom stereocenters. The molecule has 6 nitrogen and oxygen atoms in total. The van der Waals surface area contributed by atoms with Crippen LogP contribution in [0.15, 0.2) is 50.7 Å². The average Bonchev–Trinajstić information content (AvgIpc) is 3.27. The highest BCUT2D eigenvalue weighted by atomic mass is 79.9. The molecular weight excluding hydrogens is 508 g/mol. The van der Waals surface area contributed by atoms with Crippen molar-refractivity contribution in [3.63, 3.8) is 0 Å². The predicted molar refractivity (Wildman–Crippen MR) is 130 cm³/mol. The van der Waals surface area contributed by atoms with Crippen molar-refractivity contribution in [3.8, 4) is 11.5 Å². The quantitative estimate of drug-likeness (QED) is 0.339. The maximum Gasteiger partial charge on any atom is 0.345 e. The number of carboxylic acid groups (broad SMARTS) is 1. The highest BCUT2D eigenvalue weighted by molar-refractivity contribution is 9.10. The summed E-state index contributed by atoms with van der Waals surface area (Å²) in [4.78, 5) is 25.2. The van der Waals surface area contributed by atoms with Gasteiger partial charge >= 0.3 is 11.9 Å². The number of aryl methyl sites for hydroxylation is 1. The molecule has 2 aromatic carbocycles. The Bertz CT molecular complexity index is 973. The van der Waals surface area contributed by atoms with E-state index in [0.29, 0.717) is 11.7 Å². The first-order chi connectivity index (χ1) is 15.8. The molecule has 1 aliphatic carbocycles. The van der Waals surface area contributed by atoms with Gasteiger partial charge in [-0.05, 0) is 74.6 Å². The molecule has 1 aliphatic rings. The van der Waals surface area contributed by atoms with Crippen molar-refractivity contribution in [2.45, 2.75) is 61.8 Å². The van der Waals surface area contributed by atoms with Gasteiger partial charge in [0.2, 0.25) is 6.10 Å². The fourth-order valence-corrected chi connectivity index (χ4v) is 5.36. The highest BCUT2D eigenvalue weighted by Gasteiger charge is 2.25.